The van der Waals surface area contributed by atoms with Crippen molar-refractivity contribution in [2.75, 3.05) is 0 Å². The van der Waals surface area contributed by atoms with Crippen molar-refractivity contribution in [1.29, 1.82) is 0 Å². The number of carbonyl (C=O) groups excluding carboxylic acids is 1. The number of nitrogens with two attached hydrogens (primary N) is 1. The molecule has 0 fully saturated rings. The fourth-order valence-electron chi connectivity index (χ4n) is 0. The standard InChI is InChI=1S/C3H6NO2/c1-2(5)3(4)6/h2H,1H3,(H2,4,6). The van der Waals surface area contributed by atoms with Crippen LogP contribution in [0.15, 0.2) is 0 Å². The summed E-state index contributed by atoms with van der Waals surface area (Å²) >= 11 is 0. The van der Waals surface area contributed by atoms with Gasteiger partial charge < -0.3 is 5.73 Å². The first-order valence-corrected chi connectivity index (χ1v) is 1.59. The maximum absolute atomic E-state index is 9.75. The summed E-state index contributed by atoms with van der Waals surface area (Å²) in [5.41, 5.74) is 4.48. The molecule has 0 bridgehead atoms. The third-order valence-electron chi connectivity index (χ3n) is 0.401. The monoisotopic (exact) mass is 88.0 g/mol. The van der Waals surface area contributed by atoms with Gasteiger partial charge in [0.25, 0.3) is 0 Å². The number of primary amides is 1. The van der Waals surface area contributed by atoms with Crippen LogP contribution in [0.2, 0.25) is 0 Å². The van der Waals surface area contributed by atoms with Crippen molar-refractivity contribution >= 4 is 5.91 Å². The van der Waals surface area contributed by atoms with Crippen LogP contribution in [0.25, 0.3) is 0 Å². The molecule has 0 aliphatic rings. The van der Waals surface area contributed by atoms with Crippen molar-refractivity contribution in [3.05, 3.63) is 0 Å². The Morgan fingerprint density at radius 1 is 1.83 bits per heavy atom. The fourth-order valence-corrected chi connectivity index (χ4v) is 0. The summed E-state index contributed by atoms with van der Waals surface area (Å²) in [7, 11) is 0. The third kappa shape index (κ3) is 1.72. The van der Waals surface area contributed by atoms with Gasteiger partial charge in [-0.15, -0.1) is 0 Å². The quantitative estimate of drug-likeness (QED) is 0.452. The summed E-state index contributed by atoms with van der Waals surface area (Å²) < 4.78 is 0. The number of hydrogen-bond acceptors (Lipinski definition) is 1. The van der Waals surface area contributed by atoms with Crippen LogP contribution < -0.4 is 5.73 Å². The van der Waals surface area contributed by atoms with Gasteiger partial charge in [-0.2, -0.15) is 0 Å². The van der Waals surface area contributed by atoms with Gasteiger partial charge in [0.2, 0.25) is 5.91 Å². The lowest BCUT2D eigenvalue weighted by atomic mass is 10.4. The minimum atomic E-state index is -1.26. The number of hydrogen-bond donors (Lipinski definition) is 1. The Labute approximate surface area is 35.8 Å². The minimum absolute atomic E-state index is 0.796. The summed E-state index contributed by atoms with van der Waals surface area (Å²) in [5.74, 6) is -0.796. The van der Waals surface area contributed by atoms with E-state index in [0.717, 1.165) is 0 Å². The molecule has 3 nitrogen and oxygen atoms in total. The second-order valence-electron chi connectivity index (χ2n) is 1.04. The van der Waals surface area contributed by atoms with Gasteiger partial charge in [-0.3, -0.25) is 4.79 Å². The topological polar surface area (TPSA) is 63.0 Å². The first-order valence-electron chi connectivity index (χ1n) is 1.59. The lowest BCUT2D eigenvalue weighted by molar-refractivity contribution is -0.128. The smallest absolute Gasteiger partial charge is 0.249 e. The Balaban J connectivity index is 3.26. The molecule has 1 amide bonds. The molecule has 0 aromatic carbocycles. The highest BCUT2D eigenvalue weighted by Crippen LogP contribution is 1.72. The summed E-state index contributed by atoms with van der Waals surface area (Å²) in [5, 5.41) is 9.75. The fraction of sp³-hybridized carbons (Fsp3) is 0.667. The molecule has 0 saturated heterocycles. The van der Waals surface area contributed by atoms with E-state index >= 15 is 0 Å². The Morgan fingerprint density at radius 3 is 2.00 bits per heavy atom. The van der Waals surface area contributed by atoms with Crippen LogP contribution in [0.1, 0.15) is 6.92 Å². The van der Waals surface area contributed by atoms with E-state index in [-0.39, 0.29) is 0 Å². The van der Waals surface area contributed by atoms with Gasteiger partial charge in [0, 0.05) is 0 Å². The van der Waals surface area contributed by atoms with Gasteiger partial charge in [-0.25, -0.2) is 5.11 Å². The molecule has 0 aliphatic carbocycles. The summed E-state index contributed by atoms with van der Waals surface area (Å²) in [6, 6.07) is 0. The molecular formula is C3H6NO2. The van der Waals surface area contributed by atoms with Crippen molar-refractivity contribution in [1.82, 2.24) is 0 Å². The van der Waals surface area contributed by atoms with Crippen LogP contribution in [0.5, 0.6) is 0 Å². The molecule has 0 aliphatic heterocycles. The van der Waals surface area contributed by atoms with Crippen LogP contribution in [-0.4, -0.2) is 12.0 Å². The zero-order valence-electron chi connectivity index (χ0n) is 3.47. The maximum atomic E-state index is 9.75. The lowest BCUT2D eigenvalue weighted by Crippen LogP contribution is -2.23. The van der Waals surface area contributed by atoms with Gasteiger partial charge in [-0.1, -0.05) is 0 Å². The number of rotatable bonds is 1. The van der Waals surface area contributed by atoms with Crippen molar-refractivity contribution in [3.63, 3.8) is 0 Å². The largest absolute Gasteiger partial charge is 0.367 e. The van der Waals surface area contributed by atoms with E-state index in [1.807, 2.05) is 0 Å². The molecule has 3 heteroatoms. The number of carbonyl (C=O) groups is 1. The summed E-state index contributed by atoms with van der Waals surface area (Å²) in [6.45, 7) is 1.21. The van der Waals surface area contributed by atoms with Gasteiger partial charge in [0.1, 0.15) is 0 Å². The van der Waals surface area contributed by atoms with Gasteiger partial charge in [-0.05, 0) is 6.92 Å². The van der Waals surface area contributed by atoms with E-state index in [1.54, 1.807) is 0 Å². The summed E-state index contributed by atoms with van der Waals surface area (Å²) in [6.07, 6.45) is -1.26. The van der Waals surface area contributed by atoms with Crippen LogP contribution in [0.3, 0.4) is 0 Å². The number of amides is 1. The predicted octanol–water partition coefficient (Wildman–Crippen LogP) is -0.709. The molecule has 0 saturated carbocycles. The van der Waals surface area contributed by atoms with E-state index < -0.39 is 12.0 Å². The van der Waals surface area contributed by atoms with Gasteiger partial charge in [0.05, 0.1) is 0 Å². The lowest BCUT2D eigenvalue weighted by Gasteiger charge is -1.86. The molecule has 0 spiro atoms. The van der Waals surface area contributed by atoms with Crippen molar-refractivity contribution in [3.8, 4) is 0 Å². The maximum Gasteiger partial charge on any atom is 0.249 e. The highest BCUT2D eigenvalue weighted by atomic mass is 16.3. The van der Waals surface area contributed by atoms with Gasteiger partial charge in [0.15, 0.2) is 6.10 Å². The molecule has 1 atom stereocenters. The van der Waals surface area contributed by atoms with Crippen molar-refractivity contribution < 1.29 is 9.90 Å². The van der Waals surface area contributed by atoms with Crippen LogP contribution in [0, 0.1) is 0 Å². The first kappa shape index (κ1) is 5.43. The predicted molar refractivity (Wildman–Crippen MR) is 19.3 cm³/mol. The second-order valence-corrected chi connectivity index (χ2v) is 1.04. The highest BCUT2D eigenvalue weighted by molar-refractivity contribution is 5.77. The molecular weight excluding hydrogens is 82.0 g/mol. The molecule has 6 heavy (non-hydrogen) atoms. The van der Waals surface area contributed by atoms with Crippen LogP contribution in [-0.2, 0) is 9.90 Å². The van der Waals surface area contributed by atoms with Crippen LogP contribution in [0.4, 0.5) is 0 Å². The zero-order valence-corrected chi connectivity index (χ0v) is 3.47. The molecule has 0 rings (SSSR count). The van der Waals surface area contributed by atoms with Crippen molar-refractivity contribution in [2.24, 2.45) is 5.73 Å². The molecule has 0 aromatic rings. The van der Waals surface area contributed by atoms with Gasteiger partial charge >= 0.3 is 0 Å². The first-order chi connectivity index (χ1) is 2.64. The average Bonchev–Trinajstić information content (AvgIpc) is 1.36. The summed E-state index contributed by atoms with van der Waals surface area (Å²) in [4.78, 5) is 9.61. The van der Waals surface area contributed by atoms with E-state index in [4.69, 9.17) is 0 Å². The van der Waals surface area contributed by atoms with E-state index in [9.17, 15) is 9.90 Å². The Bertz CT molecular complexity index is 59.8. The highest BCUT2D eigenvalue weighted by Gasteiger charge is 2.01. The molecule has 0 aromatic heterocycles. The van der Waals surface area contributed by atoms with E-state index in [1.165, 1.54) is 6.92 Å². The Morgan fingerprint density at radius 2 is 2.00 bits per heavy atom. The molecule has 1 unspecified atom stereocenters. The molecule has 2 N–H and O–H groups in total. The molecule has 35 valence electrons. The van der Waals surface area contributed by atoms with E-state index in [2.05, 4.69) is 5.73 Å². The van der Waals surface area contributed by atoms with Crippen LogP contribution >= 0.6 is 0 Å². The Kier molecular flexibility index (Phi) is 1.60. The molecule has 0 heterocycles. The van der Waals surface area contributed by atoms with E-state index in [0.29, 0.717) is 0 Å². The SMILES string of the molecule is CC([O])C(N)=O. The third-order valence-corrected chi connectivity index (χ3v) is 0.401. The second kappa shape index (κ2) is 1.77. The Hall–Kier alpha value is -0.570. The van der Waals surface area contributed by atoms with Crippen molar-refractivity contribution in [2.45, 2.75) is 13.0 Å². The zero-order chi connectivity index (χ0) is 5.15. The normalized spacial score (nSPS) is 13.7. The minimum Gasteiger partial charge on any atom is -0.367 e. The molecule has 1 radical (unpaired) electrons. The average molecular weight is 88.1 g/mol.